The fourth-order valence-electron chi connectivity index (χ4n) is 1.32. The molecule has 4 nitrogen and oxygen atoms in total. The second-order valence-corrected chi connectivity index (χ2v) is 5.81. The van der Waals surface area contributed by atoms with Gasteiger partial charge in [0.15, 0.2) is 0 Å². The molecular weight excluding hydrogens is 228 g/mol. The van der Waals surface area contributed by atoms with Crippen molar-refractivity contribution in [3.8, 4) is 0 Å². The number of hydrogen-bond donors (Lipinski definition) is 2. The van der Waals surface area contributed by atoms with E-state index in [1.807, 2.05) is 23.5 Å². The van der Waals surface area contributed by atoms with Crippen molar-refractivity contribution < 1.29 is 0 Å². The van der Waals surface area contributed by atoms with Crippen LogP contribution in [0.4, 0.5) is 11.8 Å². The first kappa shape index (κ1) is 10.9. The molecule has 6 heteroatoms. The highest BCUT2D eigenvalue weighted by molar-refractivity contribution is 8.06. The summed E-state index contributed by atoms with van der Waals surface area (Å²) in [5.41, 5.74) is 5.57. The molecule has 1 fully saturated rings. The van der Waals surface area contributed by atoms with Gasteiger partial charge in [-0.15, -0.1) is 0 Å². The SMILES string of the molecule is Nc1ccnc(NCC2CSCCS2)n1. The molecule has 0 radical (unpaired) electrons. The molecule has 2 rings (SSSR count). The van der Waals surface area contributed by atoms with Crippen LogP contribution in [0.3, 0.4) is 0 Å². The number of thioether (sulfide) groups is 2. The third-order valence-electron chi connectivity index (χ3n) is 2.05. The number of nitrogen functional groups attached to an aromatic ring is 1. The molecule has 1 saturated heterocycles. The largest absolute Gasteiger partial charge is 0.384 e. The number of nitrogens with two attached hydrogens (primary N) is 1. The lowest BCUT2D eigenvalue weighted by Gasteiger charge is -2.20. The second kappa shape index (κ2) is 5.46. The molecule has 0 bridgehead atoms. The molecule has 0 spiro atoms. The summed E-state index contributed by atoms with van der Waals surface area (Å²) >= 11 is 4.03. The Morgan fingerprint density at radius 1 is 1.53 bits per heavy atom. The average molecular weight is 242 g/mol. The summed E-state index contributed by atoms with van der Waals surface area (Å²) in [4.78, 5) is 8.20. The number of rotatable bonds is 3. The molecule has 1 aromatic rings. The molecule has 2 heterocycles. The van der Waals surface area contributed by atoms with Crippen LogP contribution in [0.2, 0.25) is 0 Å². The van der Waals surface area contributed by atoms with Gasteiger partial charge >= 0.3 is 0 Å². The molecule has 1 aliphatic heterocycles. The van der Waals surface area contributed by atoms with Crippen LogP contribution in [-0.4, -0.2) is 39.0 Å². The Bertz CT molecular complexity index is 315. The Labute approximate surface area is 97.8 Å². The van der Waals surface area contributed by atoms with Gasteiger partial charge < -0.3 is 11.1 Å². The Morgan fingerprint density at radius 2 is 2.47 bits per heavy atom. The van der Waals surface area contributed by atoms with Crippen LogP contribution in [0.25, 0.3) is 0 Å². The van der Waals surface area contributed by atoms with Crippen molar-refractivity contribution in [1.82, 2.24) is 9.97 Å². The van der Waals surface area contributed by atoms with Crippen LogP contribution in [0, 0.1) is 0 Å². The van der Waals surface area contributed by atoms with E-state index in [2.05, 4.69) is 15.3 Å². The topological polar surface area (TPSA) is 63.8 Å². The normalized spacial score (nSPS) is 21.2. The standard InChI is InChI=1S/C9H14N4S2/c10-8-1-2-11-9(13-8)12-5-7-6-14-3-4-15-7/h1-2,7H,3-6H2,(H3,10,11,12,13). The van der Waals surface area contributed by atoms with E-state index in [1.165, 1.54) is 17.3 Å². The van der Waals surface area contributed by atoms with Gasteiger partial charge in [0.25, 0.3) is 0 Å². The number of nitrogens with zero attached hydrogens (tertiary/aromatic N) is 2. The van der Waals surface area contributed by atoms with Gasteiger partial charge in [0.1, 0.15) is 5.82 Å². The predicted molar refractivity (Wildman–Crippen MR) is 68.5 cm³/mol. The Kier molecular flexibility index (Phi) is 3.96. The minimum atomic E-state index is 0.512. The summed E-state index contributed by atoms with van der Waals surface area (Å²) in [6, 6.07) is 1.69. The van der Waals surface area contributed by atoms with E-state index in [1.54, 1.807) is 12.3 Å². The molecule has 3 N–H and O–H groups in total. The lowest BCUT2D eigenvalue weighted by atomic mass is 10.4. The van der Waals surface area contributed by atoms with Gasteiger partial charge in [-0.2, -0.15) is 28.5 Å². The zero-order chi connectivity index (χ0) is 10.5. The molecule has 0 aliphatic carbocycles. The fraction of sp³-hybridized carbons (Fsp3) is 0.556. The first-order chi connectivity index (χ1) is 7.34. The van der Waals surface area contributed by atoms with E-state index in [4.69, 9.17) is 5.73 Å². The molecular formula is C9H14N4S2. The third-order valence-corrected chi connectivity index (χ3v) is 4.89. The zero-order valence-electron chi connectivity index (χ0n) is 8.35. The van der Waals surface area contributed by atoms with Crippen LogP contribution in [0.15, 0.2) is 12.3 Å². The van der Waals surface area contributed by atoms with E-state index in [0.717, 1.165) is 6.54 Å². The summed E-state index contributed by atoms with van der Waals surface area (Å²) in [6.07, 6.45) is 1.67. The van der Waals surface area contributed by atoms with E-state index in [9.17, 15) is 0 Å². The van der Waals surface area contributed by atoms with Gasteiger partial charge in [-0.25, -0.2) is 4.98 Å². The van der Waals surface area contributed by atoms with Crippen molar-refractivity contribution in [3.05, 3.63) is 12.3 Å². The van der Waals surface area contributed by atoms with E-state index in [0.29, 0.717) is 17.0 Å². The quantitative estimate of drug-likeness (QED) is 0.833. The highest BCUT2D eigenvalue weighted by Gasteiger charge is 2.14. The first-order valence-corrected chi connectivity index (χ1v) is 7.06. The Morgan fingerprint density at radius 3 is 3.20 bits per heavy atom. The van der Waals surface area contributed by atoms with Crippen molar-refractivity contribution in [2.75, 3.05) is 34.9 Å². The van der Waals surface area contributed by atoms with E-state index < -0.39 is 0 Å². The van der Waals surface area contributed by atoms with Crippen LogP contribution in [-0.2, 0) is 0 Å². The van der Waals surface area contributed by atoms with Crippen molar-refractivity contribution in [1.29, 1.82) is 0 Å². The maximum Gasteiger partial charge on any atom is 0.224 e. The molecule has 0 aromatic carbocycles. The summed E-state index contributed by atoms with van der Waals surface area (Å²) in [5.74, 6) is 4.87. The molecule has 82 valence electrons. The zero-order valence-corrected chi connectivity index (χ0v) is 9.98. The molecule has 0 amide bonds. The monoisotopic (exact) mass is 242 g/mol. The molecule has 0 saturated carbocycles. The summed E-state index contributed by atoms with van der Waals surface area (Å²) in [7, 11) is 0. The lowest BCUT2D eigenvalue weighted by molar-refractivity contribution is 0.975. The Balaban J connectivity index is 1.81. The minimum Gasteiger partial charge on any atom is -0.384 e. The third kappa shape index (κ3) is 3.46. The highest BCUT2D eigenvalue weighted by Crippen LogP contribution is 2.23. The first-order valence-electron chi connectivity index (χ1n) is 4.86. The van der Waals surface area contributed by atoms with Gasteiger partial charge in [0.2, 0.25) is 5.95 Å². The van der Waals surface area contributed by atoms with Crippen molar-refractivity contribution in [2.45, 2.75) is 5.25 Å². The molecule has 15 heavy (non-hydrogen) atoms. The molecule has 1 aliphatic rings. The van der Waals surface area contributed by atoms with Crippen molar-refractivity contribution in [2.24, 2.45) is 0 Å². The van der Waals surface area contributed by atoms with Gasteiger partial charge in [-0.3, -0.25) is 0 Å². The fourth-order valence-corrected chi connectivity index (χ4v) is 3.93. The second-order valence-electron chi connectivity index (χ2n) is 3.25. The number of nitrogens with one attached hydrogen (secondary N) is 1. The smallest absolute Gasteiger partial charge is 0.224 e. The van der Waals surface area contributed by atoms with Crippen molar-refractivity contribution >= 4 is 35.3 Å². The molecule has 1 atom stereocenters. The predicted octanol–water partition coefficient (Wildman–Crippen LogP) is 1.32. The van der Waals surface area contributed by atoms with Crippen LogP contribution >= 0.6 is 23.5 Å². The maximum atomic E-state index is 5.57. The highest BCUT2D eigenvalue weighted by atomic mass is 32.2. The van der Waals surface area contributed by atoms with Gasteiger partial charge in [-0.05, 0) is 6.07 Å². The van der Waals surface area contributed by atoms with Crippen molar-refractivity contribution in [3.63, 3.8) is 0 Å². The number of aromatic nitrogens is 2. The molecule has 1 aromatic heterocycles. The van der Waals surface area contributed by atoms with Gasteiger partial charge in [0, 0.05) is 35.3 Å². The maximum absolute atomic E-state index is 5.57. The van der Waals surface area contributed by atoms with Gasteiger partial charge in [0.05, 0.1) is 0 Å². The lowest BCUT2D eigenvalue weighted by Crippen LogP contribution is -2.23. The number of anilines is 2. The van der Waals surface area contributed by atoms with E-state index in [-0.39, 0.29) is 0 Å². The molecule has 1 unspecified atom stereocenters. The van der Waals surface area contributed by atoms with Crippen LogP contribution < -0.4 is 11.1 Å². The Hall–Kier alpha value is -0.620. The number of hydrogen-bond acceptors (Lipinski definition) is 6. The van der Waals surface area contributed by atoms with Crippen LogP contribution in [0.1, 0.15) is 0 Å². The van der Waals surface area contributed by atoms with Gasteiger partial charge in [-0.1, -0.05) is 0 Å². The summed E-state index contributed by atoms with van der Waals surface area (Å²) in [5, 5.41) is 3.88. The average Bonchev–Trinajstić information content (AvgIpc) is 2.28. The summed E-state index contributed by atoms with van der Waals surface area (Å²) in [6.45, 7) is 0.918. The summed E-state index contributed by atoms with van der Waals surface area (Å²) < 4.78 is 0. The van der Waals surface area contributed by atoms with Crippen LogP contribution in [0.5, 0.6) is 0 Å². The minimum absolute atomic E-state index is 0.512. The van der Waals surface area contributed by atoms with E-state index >= 15 is 0 Å².